The van der Waals surface area contributed by atoms with Crippen LogP contribution in [0.4, 0.5) is 4.39 Å². The number of carbonyl (C=O) groups excluding carboxylic acids is 1. The molecule has 2 aromatic heterocycles. The Bertz CT molecular complexity index is 1420. The van der Waals surface area contributed by atoms with Crippen LogP contribution < -0.4 is 15.6 Å². The van der Waals surface area contributed by atoms with E-state index in [1.165, 1.54) is 22.9 Å². The highest BCUT2D eigenvalue weighted by Gasteiger charge is 2.26. The van der Waals surface area contributed by atoms with Gasteiger partial charge in [-0.15, -0.1) is 0 Å². The van der Waals surface area contributed by atoms with Crippen molar-refractivity contribution < 1.29 is 27.8 Å². The van der Waals surface area contributed by atoms with Crippen molar-refractivity contribution in [1.82, 2.24) is 19.6 Å². The SMILES string of the molecule is CC(C)C(CO)NC(=O)c1c(O)c2ncc(Cc3ccc(F)cc3)cc2n(CCNS(C)(=O)=O)c1=O. The van der Waals surface area contributed by atoms with Crippen LogP contribution in [0.15, 0.2) is 41.3 Å². The van der Waals surface area contributed by atoms with E-state index in [9.17, 15) is 32.6 Å². The van der Waals surface area contributed by atoms with Crippen LogP contribution in [-0.2, 0) is 23.0 Å². The largest absolute Gasteiger partial charge is 0.505 e. The molecule has 36 heavy (non-hydrogen) atoms. The second-order valence-corrected chi connectivity index (χ2v) is 10.7. The number of amides is 1. The lowest BCUT2D eigenvalue weighted by Crippen LogP contribution is -2.44. The van der Waals surface area contributed by atoms with Crippen LogP contribution in [0, 0.1) is 11.7 Å². The van der Waals surface area contributed by atoms with Crippen LogP contribution in [0.25, 0.3) is 11.0 Å². The Kier molecular flexibility index (Phi) is 8.43. The average Bonchev–Trinajstić information content (AvgIpc) is 2.80. The maximum Gasteiger partial charge on any atom is 0.267 e. The molecule has 0 aliphatic heterocycles. The van der Waals surface area contributed by atoms with Gasteiger partial charge in [0.15, 0.2) is 5.75 Å². The molecule has 0 aliphatic rings. The Balaban J connectivity index is 2.11. The lowest BCUT2D eigenvalue weighted by atomic mass is 10.0. The van der Waals surface area contributed by atoms with Crippen molar-refractivity contribution in [3.05, 3.63) is 69.4 Å². The second-order valence-electron chi connectivity index (χ2n) is 8.87. The van der Waals surface area contributed by atoms with Crippen molar-refractivity contribution in [3.63, 3.8) is 0 Å². The van der Waals surface area contributed by atoms with Gasteiger partial charge in [-0.2, -0.15) is 0 Å². The summed E-state index contributed by atoms with van der Waals surface area (Å²) < 4.78 is 39.8. The third kappa shape index (κ3) is 6.45. The summed E-state index contributed by atoms with van der Waals surface area (Å²) in [5, 5.41) is 23.0. The normalized spacial score (nSPS) is 12.7. The van der Waals surface area contributed by atoms with Crippen LogP contribution in [-0.4, -0.2) is 59.5 Å². The van der Waals surface area contributed by atoms with Crippen LogP contribution in [0.2, 0.25) is 0 Å². The lowest BCUT2D eigenvalue weighted by molar-refractivity contribution is 0.0892. The van der Waals surface area contributed by atoms with Crippen molar-refractivity contribution in [2.45, 2.75) is 32.9 Å². The maximum atomic E-state index is 13.4. The number of aromatic nitrogens is 2. The summed E-state index contributed by atoms with van der Waals surface area (Å²) in [7, 11) is -3.54. The molecule has 12 heteroatoms. The molecule has 0 fully saturated rings. The molecular formula is C24H29FN4O6S. The highest BCUT2D eigenvalue weighted by Crippen LogP contribution is 2.26. The number of rotatable bonds is 10. The Morgan fingerprint density at radius 2 is 1.86 bits per heavy atom. The molecule has 0 radical (unpaired) electrons. The summed E-state index contributed by atoms with van der Waals surface area (Å²) in [5.41, 5.74) is 0.219. The summed E-state index contributed by atoms with van der Waals surface area (Å²) in [6.07, 6.45) is 2.81. The maximum absolute atomic E-state index is 13.4. The summed E-state index contributed by atoms with van der Waals surface area (Å²) >= 11 is 0. The number of carbonyl (C=O) groups is 1. The van der Waals surface area contributed by atoms with E-state index in [1.807, 2.05) is 0 Å². The second kappa shape index (κ2) is 11.1. The van der Waals surface area contributed by atoms with Crippen molar-refractivity contribution in [3.8, 4) is 5.75 Å². The predicted molar refractivity (Wildman–Crippen MR) is 133 cm³/mol. The van der Waals surface area contributed by atoms with Gasteiger partial charge in [-0.1, -0.05) is 26.0 Å². The first kappa shape index (κ1) is 27.2. The van der Waals surface area contributed by atoms with E-state index < -0.39 is 38.8 Å². The number of sulfonamides is 1. The van der Waals surface area contributed by atoms with Crippen LogP contribution in [0.3, 0.4) is 0 Å². The number of hydrogen-bond acceptors (Lipinski definition) is 7. The number of aromatic hydroxyl groups is 1. The molecule has 0 spiro atoms. The number of nitrogens with one attached hydrogen (secondary N) is 2. The van der Waals surface area contributed by atoms with Gasteiger partial charge >= 0.3 is 0 Å². The van der Waals surface area contributed by atoms with Gasteiger partial charge in [0, 0.05) is 19.3 Å². The number of benzene rings is 1. The molecule has 1 amide bonds. The summed E-state index contributed by atoms with van der Waals surface area (Å²) in [6, 6.07) is 6.83. The van der Waals surface area contributed by atoms with Gasteiger partial charge in [0.25, 0.3) is 11.5 Å². The van der Waals surface area contributed by atoms with E-state index in [0.717, 1.165) is 11.8 Å². The summed E-state index contributed by atoms with van der Waals surface area (Å²) in [5.74, 6) is -2.02. The molecule has 194 valence electrons. The van der Waals surface area contributed by atoms with E-state index >= 15 is 0 Å². The molecule has 0 bridgehead atoms. The fourth-order valence-electron chi connectivity index (χ4n) is 3.71. The molecule has 10 nitrogen and oxygen atoms in total. The zero-order valence-electron chi connectivity index (χ0n) is 20.2. The van der Waals surface area contributed by atoms with Crippen molar-refractivity contribution in [2.24, 2.45) is 5.92 Å². The van der Waals surface area contributed by atoms with E-state index in [2.05, 4.69) is 15.0 Å². The third-order valence-corrected chi connectivity index (χ3v) is 6.43. The Hall–Kier alpha value is -3.35. The van der Waals surface area contributed by atoms with E-state index in [-0.39, 0.29) is 42.5 Å². The Labute approximate surface area is 207 Å². The third-order valence-electron chi connectivity index (χ3n) is 5.70. The zero-order valence-corrected chi connectivity index (χ0v) is 21.0. The first-order chi connectivity index (χ1) is 16.9. The standard InChI is InChI=1S/C24H29FN4O6S/c1-14(2)18(13-30)28-23(32)20-22(31)21-19(29(24(20)33)9-8-27-36(3,34)35)11-16(12-26-21)10-15-4-6-17(25)7-5-15/h4-7,11-12,14,18,27,30-31H,8-10,13H2,1-3H3,(H,28,32). The van der Waals surface area contributed by atoms with Crippen LogP contribution in [0.5, 0.6) is 5.75 Å². The molecule has 3 rings (SSSR count). The molecular weight excluding hydrogens is 491 g/mol. The lowest BCUT2D eigenvalue weighted by Gasteiger charge is -2.21. The van der Waals surface area contributed by atoms with Crippen LogP contribution in [0.1, 0.15) is 35.3 Å². The predicted octanol–water partition coefficient (Wildman–Crippen LogP) is 1.13. The smallest absolute Gasteiger partial charge is 0.267 e. The first-order valence-corrected chi connectivity index (χ1v) is 13.2. The van der Waals surface area contributed by atoms with Gasteiger partial charge in [-0.25, -0.2) is 17.5 Å². The fraction of sp³-hybridized carbons (Fsp3) is 0.375. The van der Waals surface area contributed by atoms with Crippen molar-refractivity contribution in [2.75, 3.05) is 19.4 Å². The number of fused-ring (bicyclic) bond motifs is 1. The molecule has 1 aromatic carbocycles. The monoisotopic (exact) mass is 520 g/mol. The number of pyridine rings is 2. The molecule has 0 aliphatic carbocycles. The molecule has 0 saturated heterocycles. The van der Waals surface area contributed by atoms with Gasteiger partial charge in [-0.3, -0.25) is 14.6 Å². The molecule has 2 heterocycles. The van der Waals surface area contributed by atoms with Gasteiger partial charge in [0.1, 0.15) is 16.9 Å². The molecule has 3 aromatic rings. The highest BCUT2D eigenvalue weighted by atomic mass is 32.2. The molecule has 0 saturated carbocycles. The molecule has 1 unspecified atom stereocenters. The summed E-state index contributed by atoms with van der Waals surface area (Å²) in [6.45, 7) is 2.90. The number of aliphatic hydroxyl groups is 1. The zero-order chi connectivity index (χ0) is 26.6. The average molecular weight is 521 g/mol. The van der Waals surface area contributed by atoms with Crippen molar-refractivity contribution in [1.29, 1.82) is 0 Å². The van der Waals surface area contributed by atoms with Gasteiger partial charge in [0.2, 0.25) is 10.0 Å². The van der Waals surface area contributed by atoms with Gasteiger partial charge in [0.05, 0.1) is 24.4 Å². The van der Waals surface area contributed by atoms with E-state index in [1.54, 1.807) is 32.0 Å². The molecule has 4 N–H and O–H groups in total. The Morgan fingerprint density at radius 1 is 1.19 bits per heavy atom. The van der Waals surface area contributed by atoms with Gasteiger partial charge in [-0.05, 0) is 41.7 Å². The van der Waals surface area contributed by atoms with Crippen molar-refractivity contribution >= 4 is 27.0 Å². The number of aliphatic hydroxyl groups excluding tert-OH is 1. The number of nitrogens with zero attached hydrogens (tertiary/aromatic N) is 2. The summed E-state index contributed by atoms with van der Waals surface area (Å²) in [4.78, 5) is 30.6. The highest BCUT2D eigenvalue weighted by molar-refractivity contribution is 7.88. The Morgan fingerprint density at radius 3 is 2.44 bits per heavy atom. The minimum atomic E-state index is -3.54. The van der Waals surface area contributed by atoms with E-state index in [0.29, 0.717) is 12.0 Å². The minimum Gasteiger partial charge on any atom is -0.505 e. The minimum absolute atomic E-state index is 0.0212. The van der Waals surface area contributed by atoms with Crippen LogP contribution >= 0.6 is 0 Å². The number of halogens is 1. The van der Waals surface area contributed by atoms with Gasteiger partial charge < -0.3 is 20.1 Å². The fourth-order valence-corrected chi connectivity index (χ4v) is 4.18. The molecule has 1 atom stereocenters. The number of hydrogen-bond donors (Lipinski definition) is 4. The van der Waals surface area contributed by atoms with E-state index in [4.69, 9.17) is 0 Å². The quantitative estimate of drug-likeness (QED) is 0.313. The topological polar surface area (TPSA) is 151 Å². The first-order valence-electron chi connectivity index (χ1n) is 11.3.